The van der Waals surface area contributed by atoms with E-state index in [1.165, 1.54) is 30.8 Å². The zero-order chi connectivity index (χ0) is 16.7. The summed E-state index contributed by atoms with van der Waals surface area (Å²) in [5, 5.41) is 9.48. The van der Waals surface area contributed by atoms with Crippen molar-refractivity contribution in [1.82, 2.24) is 29.0 Å². The van der Waals surface area contributed by atoms with Crippen molar-refractivity contribution in [1.29, 1.82) is 0 Å². The molecule has 1 saturated carbocycles. The van der Waals surface area contributed by atoms with E-state index in [0.29, 0.717) is 12.5 Å². The third-order valence-corrected chi connectivity index (χ3v) is 5.94. The lowest BCUT2D eigenvalue weighted by molar-refractivity contribution is -0.140. The second-order valence-electron chi connectivity index (χ2n) is 6.72. The van der Waals surface area contributed by atoms with Crippen LogP contribution in [0.5, 0.6) is 0 Å². The SMILES string of the molecule is Cc1nsc(-c2nnc3n2CCN(C(=O)C2CCCCC2)[C@@H]3C)n1. The lowest BCUT2D eigenvalue weighted by Crippen LogP contribution is -2.44. The van der Waals surface area contributed by atoms with Crippen molar-refractivity contribution in [3.8, 4) is 10.8 Å². The van der Waals surface area contributed by atoms with Crippen LogP contribution in [0.3, 0.4) is 0 Å². The molecule has 0 saturated heterocycles. The Balaban J connectivity index is 1.58. The van der Waals surface area contributed by atoms with Gasteiger partial charge in [-0.2, -0.15) is 4.37 Å². The molecule has 1 aliphatic heterocycles. The first-order valence-corrected chi connectivity index (χ1v) is 9.46. The smallest absolute Gasteiger partial charge is 0.226 e. The summed E-state index contributed by atoms with van der Waals surface area (Å²) in [6.07, 6.45) is 5.68. The summed E-state index contributed by atoms with van der Waals surface area (Å²) >= 11 is 1.35. The van der Waals surface area contributed by atoms with Crippen molar-refractivity contribution in [2.45, 2.75) is 58.5 Å². The molecule has 24 heavy (non-hydrogen) atoms. The largest absolute Gasteiger partial charge is 0.331 e. The first-order chi connectivity index (χ1) is 11.6. The van der Waals surface area contributed by atoms with E-state index in [1.54, 1.807) is 0 Å². The van der Waals surface area contributed by atoms with Crippen LogP contribution in [0.25, 0.3) is 10.8 Å². The van der Waals surface area contributed by atoms with Crippen molar-refractivity contribution >= 4 is 17.4 Å². The molecule has 0 radical (unpaired) electrons. The van der Waals surface area contributed by atoms with Gasteiger partial charge in [-0.1, -0.05) is 19.3 Å². The number of carbonyl (C=O) groups excluding carboxylic acids is 1. The van der Waals surface area contributed by atoms with Gasteiger partial charge in [-0.25, -0.2) is 4.98 Å². The minimum absolute atomic E-state index is 0.0385. The zero-order valence-corrected chi connectivity index (χ0v) is 14.9. The van der Waals surface area contributed by atoms with E-state index < -0.39 is 0 Å². The van der Waals surface area contributed by atoms with E-state index in [0.717, 1.165) is 41.9 Å². The maximum Gasteiger partial charge on any atom is 0.226 e. The maximum absolute atomic E-state index is 12.9. The van der Waals surface area contributed by atoms with Crippen molar-refractivity contribution in [3.05, 3.63) is 11.6 Å². The van der Waals surface area contributed by atoms with E-state index in [4.69, 9.17) is 0 Å². The third-order valence-electron chi connectivity index (χ3n) is 5.14. The van der Waals surface area contributed by atoms with Crippen LogP contribution < -0.4 is 0 Å². The molecule has 0 unspecified atom stereocenters. The highest BCUT2D eigenvalue weighted by molar-refractivity contribution is 7.09. The lowest BCUT2D eigenvalue weighted by Gasteiger charge is -2.36. The number of hydrogen-bond donors (Lipinski definition) is 0. The summed E-state index contributed by atoms with van der Waals surface area (Å²) in [5.74, 6) is 2.87. The first-order valence-electron chi connectivity index (χ1n) is 8.69. The minimum atomic E-state index is -0.0385. The molecule has 4 rings (SSSR count). The summed E-state index contributed by atoms with van der Waals surface area (Å²) in [6, 6.07) is -0.0385. The molecule has 0 aromatic carbocycles. The van der Waals surface area contributed by atoms with Gasteiger partial charge in [0.25, 0.3) is 0 Å². The van der Waals surface area contributed by atoms with Crippen LogP contribution in [-0.4, -0.2) is 41.5 Å². The molecule has 0 bridgehead atoms. The predicted octanol–water partition coefficient (Wildman–Crippen LogP) is 2.59. The number of aryl methyl sites for hydroxylation is 1. The lowest BCUT2D eigenvalue weighted by atomic mass is 9.88. The topological polar surface area (TPSA) is 76.8 Å². The Bertz CT molecular complexity index is 748. The number of aromatic nitrogens is 5. The molecule has 128 valence electrons. The van der Waals surface area contributed by atoms with E-state index in [-0.39, 0.29) is 12.0 Å². The fourth-order valence-electron chi connectivity index (χ4n) is 3.82. The molecular weight excluding hydrogens is 324 g/mol. The molecule has 1 atom stereocenters. The van der Waals surface area contributed by atoms with Crippen LogP contribution in [0.1, 0.15) is 56.7 Å². The molecule has 1 amide bonds. The number of amides is 1. The number of hydrogen-bond acceptors (Lipinski definition) is 6. The van der Waals surface area contributed by atoms with Crippen LogP contribution >= 0.6 is 11.5 Å². The number of carbonyl (C=O) groups is 1. The molecule has 2 aliphatic rings. The minimum Gasteiger partial charge on any atom is -0.331 e. The van der Waals surface area contributed by atoms with Gasteiger partial charge in [-0.05, 0) is 38.2 Å². The Hall–Kier alpha value is -1.83. The van der Waals surface area contributed by atoms with E-state index in [9.17, 15) is 4.79 Å². The fraction of sp³-hybridized carbons (Fsp3) is 0.688. The molecule has 3 heterocycles. The first kappa shape index (κ1) is 15.7. The number of fused-ring (bicyclic) bond motifs is 1. The molecule has 0 N–H and O–H groups in total. The molecule has 2 aromatic heterocycles. The summed E-state index contributed by atoms with van der Waals surface area (Å²) in [4.78, 5) is 19.3. The number of rotatable bonds is 2. The van der Waals surface area contributed by atoms with E-state index >= 15 is 0 Å². The highest BCUT2D eigenvalue weighted by atomic mass is 32.1. The molecular formula is C16H22N6OS. The molecule has 2 aromatic rings. The Kier molecular flexibility index (Phi) is 4.07. The Labute approximate surface area is 145 Å². The third kappa shape index (κ3) is 2.62. The second-order valence-corrected chi connectivity index (χ2v) is 7.47. The van der Waals surface area contributed by atoms with Gasteiger partial charge in [0.1, 0.15) is 5.82 Å². The Morgan fingerprint density at radius 2 is 1.96 bits per heavy atom. The summed E-state index contributed by atoms with van der Waals surface area (Å²) in [6.45, 7) is 5.36. The van der Waals surface area contributed by atoms with Gasteiger partial charge in [0.05, 0.1) is 6.04 Å². The fourth-order valence-corrected chi connectivity index (χ4v) is 4.48. The zero-order valence-electron chi connectivity index (χ0n) is 14.1. The van der Waals surface area contributed by atoms with Gasteiger partial charge in [-0.3, -0.25) is 4.79 Å². The van der Waals surface area contributed by atoms with Gasteiger partial charge < -0.3 is 9.47 Å². The highest BCUT2D eigenvalue weighted by Gasteiger charge is 2.35. The Morgan fingerprint density at radius 1 is 1.17 bits per heavy atom. The van der Waals surface area contributed by atoms with Crippen LogP contribution in [0.4, 0.5) is 0 Å². The van der Waals surface area contributed by atoms with Crippen LogP contribution in [0.2, 0.25) is 0 Å². The van der Waals surface area contributed by atoms with Gasteiger partial charge >= 0.3 is 0 Å². The highest BCUT2D eigenvalue weighted by Crippen LogP contribution is 2.32. The quantitative estimate of drug-likeness (QED) is 0.835. The van der Waals surface area contributed by atoms with Gasteiger partial charge in [0.2, 0.25) is 5.91 Å². The average Bonchev–Trinajstić information content (AvgIpc) is 3.22. The average molecular weight is 346 g/mol. The van der Waals surface area contributed by atoms with Crippen molar-refractivity contribution in [2.75, 3.05) is 6.54 Å². The van der Waals surface area contributed by atoms with Crippen LogP contribution in [0.15, 0.2) is 0 Å². The summed E-state index contributed by atoms with van der Waals surface area (Å²) < 4.78 is 6.32. The molecule has 8 heteroatoms. The van der Waals surface area contributed by atoms with Crippen LogP contribution in [0, 0.1) is 12.8 Å². The predicted molar refractivity (Wildman–Crippen MR) is 90.4 cm³/mol. The Morgan fingerprint density at radius 3 is 2.67 bits per heavy atom. The van der Waals surface area contributed by atoms with Crippen molar-refractivity contribution < 1.29 is 4.79 Å². The van der Waals surface area contributed by atoms with Gasteiger partial charge in [0.15, 0.2) is 16.7 Å². The standard InChI is InChI=1S/C16H22N6OS/c1-10-13-18-19-14(15-17-11(2)20-24-15)22(13)9-8-21(10)16(23)12-6-4-3-5-7-12/h10,12H,3-9H2,1-2H3/t10-/m1/s1. The van der Waals surface area contributed by atoms with Gasteiger partial charge in [-0.15, -0.1) is 10.2 Å². The maximum atomic E-state index is 12.9. The monoisotopic (exact) mass is 346 g/mol. The van der Waals surface area contributed by atoms with Crippen molar-refractivity contribution in [3.63, 3.8) is 0 Å². The molecule has 7 nitrogen and oxygen atoms in total. The van der Waals surface area contributed by atoms with E-state index in [2.05, 4.69) is 31.0 Å². The number of nitrogens with zero attached hydrogens (tertiary/aromatic N) is 6. The van der Waals surface area contributed by atoms with E-state index in [1.807, 2.05) is 11.8 Å². The van der Waals surface area contributed by atoms with Crippen molar-refractivity contribution in [2.24, 2.45) is 5.92 Å². The summed E-state index contributed by atoms with van der Waals surface area (Å²) in [5.41, 5.74) is 0. The van der Waals surface area contributed by atoms with Gasteiger partial charge in [0, 0.05) is 19.0 Å². The molecule has 1 aliphatic carbocycles. The normalized spacial score (nSPS) is 21.8. The molecule has 0 spiro atoms. The molecule has 1 fully saturated rings. The second kappa shape index (κ2) is 6.23. The van der Waals surface area contributed by atoms with Crippen LogP contribution in [-0.2, 0) is 11.3 Å². The summed E-state index contributed by atoms with van der Waals surface area (Å²) in [7, 11) is 0.